The Kier molecular flexibility index (Phi) is 3.89. The molecule has 3 nitrogen and oxygen atoms in total. The van der Waals surface area contributed by atoms with Gasteiger partial charge in [0.1, 0.15) is 5.78 Å². The summed E-state index contributed by atoms with van der Waals surface area (Å²) in [4.78, 5) is 22.6. The van der Waals surface area contributed by atoms with E-state index in [2.05, 4.69) is 18.6 Å². The van der Waals surface area contributed by atoms with Gasteiger partial charge in [0.2, 0.25) is 0 Å². The lowest BCUT2D eigenvalue weighted by molar-refractivity contribution is -0.135. The Balaban J connectivity index is 2.83. The zero-order valence-electron chi connectivity index (χ0n) is 10.4. The van der Waals surface area contributed by atoms with Crippen LogP contribution in [0.4, 0.5) is 0 Å². The average molecular weight is 224 g/mol. The molecule has 0 unspecified atom stereocenters. The number of allylic oxidation sites excluding steroid dienone is 1. The molecule has 0 spiro atoms. The largest absolute Gasteiger partial charge is 0.466 e. The number of rotatable bonds is 3. The fourth-order valence-electron chi connectivity index (χ4n) is 2.52. The summed E-state index contributed by atoms with van der Waals surface area (Å²) in [7, 11) is 1.36. The number of carbonyl (C=O) groups is 2. The van der Waals surface area contributed by atoms with E-state index in [-0.39, 0.29) is 29.0 Å². The lowest BCUT2D eigenvalue weighted by Crippen LogP contribution is -2.24. The average Bonchev–Trinajstić information content (AvgIpc) is 2.50. The predicted octanol–water partition coefficient (Wildman–Crippen LogP) is 2.36. The van der Waals surface area contributed by atoms with Crippen molar-refractivity contribution in [1.29, 1.82) is 0 Å². The van der Waals surface area contributed by atoms with Crippen LogP contribution in [0.2, 0.25) is 0 Å². The van der Waals surface area contributed by atoms with Gasteiger partial charge in [0.05, 0.1) is 7.11 Å². The van der Waals surface area contributed by atoms with Crippen LogP contribution in [0.15, 0.2) is 12.2 Å². The van der Waals surface area contributed by atoms with Crippen molar-refractivity contribution < 1.29 is 14.3 Å². The molecule has 2 atom stereocenters. The molecule has 1 saturated carbocycles. The van der Waals surface area contributed by atoms with E-state index in [1.54, 1.807) is 6.92 Å². The highest BCUT2D eigenvalue weighted by molar-refractivity contribution is 5.82. The van der Waals surface area contributed by atoms with Crippen LogP contribution in [0.25, 0.3) is 0 Å². The van der Waals surface area contributed by atoms with Crippen LogP contribution in [0.3, 0.4) is 0 Å². The van der Waals surface area contributed by atoms with Crippen LogP contribution >= 0.6 is 0 Å². The highest BCUT2D eigenvalue weighted by atomic mass is 16.5. The first kappa shape index (κ1) is 12.9. The van der Waals surface area contributed by atoms with Crippen molar-refractivity contribution >= 4 is 11.8 Å². The van der Waals surface area contributed by atoms with Crippen LogP contribution < -0.4 is 0 Å². The first-order valence-corrected chi connectivity index (χ1v) is 5.65. The third-order valence-electron chi connectivity index (χ3n) is 3.60. The second kappa shape index (κ2) is 4.81. The smallest absolute Gasteiger partial charge is 0.330 e. The van der Waals surface area contributed by atoms with Gasteiger partial charge in [-0.3, -0.25) is 4.79 Å². The third-order valence-corrected chi connectivity index (χ3v) is 3.60. The Morgan fingerprint density at radius 1 is 1.38 bits per heavy atom. The van der Waals surface area contributed by atoms with E-state index in [9.17, 15) is 9.59 Å². The minimum Gasteiger partial charge on any atom is -0.466 e. The van der Waals surface area contributed by atoms with E-state index in [0.29, 0.717) is 0 Å². The molecule has 16 heavy (non-hydrogen) atoms. The van der Waals surface area contributed by atoms with Gasteiger partial charge in [-0.2, -0.15) is 0 Å². The van der Waals surface area contributed by atoms with Crippen molar-refractivity contribution in [1.82, 2.24) is 0 Å². The Morgan fingerprint density at radius 3 is 2.50 bits per heavy atom. The van der Waals surface area contributed by atoms with Crippen LogP contribution in [-0.4, -0.2) is 18.9 Å². The molecule has 0 radical (unpaired) electrons. The van der Waals surface area contributed by atoms with Crippen molar-refractivity contribution in [2.24, 2.45) is 17.3 Å². The van der Waals surface area contributed by atoms with Crippen molar-refractivity contribution in [2.75, 3.05) is 7.11 Å². The lowest BCUT2D eigenvalue weighted by atomic mass is 9.77. The van der Waals surface area contributed by atoms with Crippen LogP contribution in [-0.2, 0) is 14.3 Å². The fraction of sp³-hybridized carbons (Fsp3) is 0.692. The zero-order chi connectivity index (χ0) is 12.3. The molecule has 1 aliphatic carbocycles. The Morgan fingerprint density at radius 2 is 2.00 bits per heavy atom. The van der Waals surface area contributed by atoms with E-state index in [1.165, 1.54) is 13.2 Å². The number of Topliss-reactive ketones (excluding diaryl/α,β-unsaturated/α-hetero) is 1. The van der Waals surface area contributed by atoms with Crippen LogP contribution in [0, 0.1) is 17.3 Å². The van der Waals surface area contributed by atoms with Gasteiger partial charge >= 0.3 is 5.97 Å². The molecule has 1 aliphatic rings. The second-order valence-corrected chi connectivity index (χ2v) is 5.15. The first-order valence-electron chi connectivity index (χ1n) is 5.65. The molecule has 0 bridgehead atoms. The van der Waals surface area contributed by atoms with Crippen molar-refractivity contribution in [3.05, 3.63) is 12.2 Å². The van der Waals surface area contributed by atoms with E-state index in [4.69, 9.17) is 0 Å². The summed E-state index contributed by atoms with van der Waals surface area (Å²) < 4.78 is 4.56. The predicted molar refractivity (Wildman–Crippen MR) is 61.8 cm³/mol. The van der Waals surface area contributed by atoms with Gasteiger partial charge in [-0.25, -0.2) is 4.79 Å². The summed E-state index contributed by atoms with van der Waals surface area (Å²) in [5, 5.41) is 0. The highest BCUT2D eigenvalue weighted by Gasteiger charge is 2.42. The quantitative estimate of drug-likeness (QED) is 0.546. The van der Waals surface area contributed by atoms with Crippen molar-refractivity contribution in [3.8, 4) is 0 Å². The van der Waals surface area contributed by atoms with Crippen molar-refractivity contribution in [2.45, 2.75) is 33.6 Å². The SMILES string of the molecule is COC(=O)/C=C\[C@H]1[C@@H](C(C)=O)CCC1(C)C. The minimum absolute atomic E-state index is 0.0518. The topological polar surface area (TPSA) is 43.4 Å². The normalized spacial score (nSPS) is 28.2. The number of hydrogen-bond donors (Lipinski definition) is 0. The summed E-state index contributed by atoms with van der Waals surface area (Å²) in [5.74, 6) is 0.0510. The number of esters is 1. The van der Waals surface area contributed by atoms with E-state index in [0.717, 1.165) is 12.8 Å². The maximum Gasteiger partial charge on any atom is 0.330 e. The van der Waals surface area contributed by atoms with Gasteiger partial charge in [0.15, 0.2) is 0 Å². The Labute approximate surface area is 96.9 Å². The standard InChI is InChI=1S/C13H20O3/c1-9(14)10-7-8-13(2,3)11(10)5-6-12(15)16-4/h5-6,10-11H,7-8H2,1-4H3/b6-5-/t10-,11+/m1/s1. The maximum absolute atomic E-state index is 11.5. The molecule has 0 aromatic heterocycles. The monoisotopic (exact) mass is 224 g/mol. The van der Waals surface area contributed by atoms with Crippen LogP contribution in [0.1, 0.15) is 33.6 Å². The molecule has 0 aromatic rings. The number of carbonyl (C=O) groups excluding carboxylic acids is 2. The van der Waals surface area contributed by atoms with Gasteiger partial charge in [0.25, 0.3) is 0 Å². The molecular formula is C13H20O3. The summed E-state index contributed by atoms with van der Waals surface area (Å²) in [6.45, 7) is 5.91. The second-order valence-electron chi connectivity index (χ2n) is 5.15. The summed E-state index contributed by atoms with van der Waals surface area (Å²) in [5.41, 5.74) is 0.0842. The minimum atomic E-state index is -0.356. The molecule has 0 aromatic carbocycles. The van der Waals surface area contributed by atoms with E-state index >= 15 is 0 Å². The number of hydrogen-bond acceptors (Lipinski definition) is 3. The molecule has 3 heteroatoms. The van der Waals surface area contributed by atoms with E-state index < -0.39 is 0 Å². The van der Waals surface area contributed by atoms with E-state index in [1.807, 2.05) is 6.08 Å². The lowest BCUT2D eigenvalue weighted by Gasteiger charge is -2.26. The summed E-state index contributed by atoms with van der Waals surface area (Å²) in [6.07, 6.45) is 5.21. The number of ketones is 1. The Hall–Kier alpha value is -1.12. The molecule has 1 rings (SSSR count). The highest BCUT2D eigenvalue weighted by Crippen LogP contribution is 2.47. The van der Waals surface area contributed by atoms with Crippen molar-refractivity contribution in [3.63, 3.8) is 0 Å². The summed E-state index contributed by atoms with van der Waals surface area (Å²) >= 11 is 0. The third kappa shape index (κ3) is 2.71. The maximum atomic E-state index is 11.5. The van der Waals surface area contributed by atoms with Gasteiger partial charge in [-0.1, -0.05) is 19.9 Å². The molecule has 0 saturated heterocycles. The number of ether oxygens (including phenoxy) is 1. The van der Waals surface area contributed by atoms with Gasteiger partial charge < -0.3 is 4.74 Å². The Bertz CT molecular complexity index is 315. The fourth-order valence-corrected chi connectivity index (χ4v) is 2.52. The molecule has 0 aliphatic heterocycles. The summed E-state index contributed by atoms with van der Waals surface area (Å²) in [6, 6.07) is 0. The number of methoxy groups -OCH3 is 1. The molecule has 0 heterocycles. The van der Waals surface area contributed by atoms with Crippen LogP contribution in [0.5, 0.6) is 0 Å². The first-order chi connectivity index (χ1) is 7.38. The van der Waals surface area contributed by atoms with Gasteiger partial charge in [0, 0.05) is 12.0 Å². The van der Waals surface area contributed by atoms with Gasteiger partial charge in [-0.05, 0) is 31.1 Å². The van der Waals surface area contributed by atoms with Gasteiger partial charge in [-0.15, -0.1) is 0 Å². The zero-order valence-corrected chi connectivity index (χ0v) is 10.4. The molecular weight excluding hydrogens is 204 g/mol. The molecule has 90 valence electrons. The molecule has 0 N–H and O–H groups in total. The molecule has 0 amide bonds. The molecule has 1 fully saturated rings.